The second kappa shape index (κ2) is 10.5. The zero-order valence-electron chi connectivity index (χ0n) is 16.8. The average molecular weight is 460 g/mol. The van der Waals surface area contributed by atoms with Crippen LogP contribution in [0.2, 0.25) is 10.0 Å². The van der Waals surface area contributed by atoms with Gasteiger partial charge in [-0.05, 0) is 35.4 Å². The van der Waals surface area contributed by atoms with Crippen molar-refractivity contribution >= 4 is 50.7 Å². The molecule has 2 aromatic heterocycles. The number of nitrogens with zero attached hydrogens (tertiary/aromatic N) is 3. The van der Waals surface area contributed by atoms with Crippen LogP contribution in [-0.2, 0) is 22.7 Å². The van der Waals surface area contributed by atoms with Gasteiger partial charge in [0, 0.05) is 38.1 Å². The van der Waals surface area contributed by atoms with E-state index >= 15 is 0 Å². The lowest BCUT2D eigenvalue weighted by Crippen LogP contribution is -1.94. The summed E-state index contributed by atoms with van der Waals surface area (Å²) in [5.41, 5.74) is 3.09. The number of nitro benzene ring substituents is 1. The van der Waals surface area contributed by atoms with Gasteiger partial charge in [-0.2, -0.15) is 0 Å². The molecule has 0 bridgehead atoms. The molecule has 2 heterocycles. The monoisotopic (exact) mass is 459 g/mol. The maximum Gasteiger partial charge on any atom is 0.278 e. The minimum Gasteiger partial charge on any atom is -0.380 e. The lowest BCUT2D eigenvalue weighted by molar-refractivity contribution is -0.383. The molecular formula is C22H19Cl2N3O4. The number of pyridine rings is 2. The first-order valence-corrected chi connectivity index (χ1v) is 9.92. The summed E-state index contributed by atoms with van der Waals surface area (Å²) >= 11 is 11.9. The standard InChI is InChI=1S/C11H9ClN2O3.C11H10ClNO/c1-17-6-7-4-8-10(14(15)16)3-2-9(12)11(8)13-5-7;1-14-7-8-5-9-3-2-4-10(12)11(9)13-6-8/h2-5H,6H2,1H3;2-6H,7H2,1H3. The highest BCUT2D eigenvalue weighted by Gasteiger charge is 2.15. The van der Waals surface area contributed by atoms with Gasteiger partial charge in [0.2, 0.25) is 0 Å². The maximum atomic E-state index is 10.9. The molecule has 0 N–H and O–H groups in total. The van der Waals surface area contributed by atoms with Gasteiger partial charge in [0.05, 0.1) is 44.6 Å². The van der Waals surface area contributed by atoms with Crippen molar-refractivity contribution in [3.63, 3.8) is 0 Å². The Morgan fingerprint density at radius 2 is 1.52 bits per heavy atom. The van der Waals surface area contributed by atoms with E-state index in [0.29, 0.717) is 34.2 Å². The molecule has 0 unspecified atom stereocenters. The molecule has 31 heavy (non-hydrogen) atoms. The van der Waals surface area contributed by atoms with Crippen LogP contribution in [0.5, 0.6) is 0 Å². The SMILES string of the molecule is COCc1cnc2c(Cl)ccc([N+](=O)[O-])c2c1.COCc1cnc2c(Cl)cccc2c1. The molecule has 0 aliphatic rings. The van der Waals surface area contributed by atoms with Crippen molar-refractivity contribution in [1.82, 2.24) is 9.97 Å². The Bertz CT molecular complexity index is 1230. The van der Waals surface area contributed by atoms with Crippen LogP contribution in [0.1, 0.15) is 11.1 Å². The Hall–Kier alpha value is -2.84. The molecule has 9 heteroatoms. The Balaban J connectivity index is 0.000000179. The lowest BCUT2D eigenvalue weighted by atomic mass is 10.1. The smallest absolute Gasteiger partial charge is 0.278 e. The summed E-state index contributed by atoms with van der Waals surface area (Å²) in [5.74, 6) is 0. The van der Waals surface area contributed by atoms with Crippen LogP contribution in [0, 0.1) is 10.1 Å². The molecule has 0 aliphatic carbocycles. The van der Waals surface area contributed by atoms with E-state index in [1.165, 1.54) is 12.1 Å². The summed E-state index contributed by atoms with van der Waals surface area (Å²) in [6.07, 6.45) is 3.39. The summed E-state index contributed by atoms with van der Waals surface area (Å²) in [6, 6.07) is 12.3. The highest BCUT2D eigenvalue weighted by atomic mass is 35.5. The summed E-state index contributed by atoms with van der Waals surface area (Å²) in [4.78, 5) is 18.9. The van der Waals surface area contributed by atoms with Crippen LogP contribution in [0.4, 0.5) is 5.69 Å². The molecule has 0 aliphatic heterocycles. The summed E-state index contributed by atoms with van der Waals surface area (Å²) in [6.45, 7) is 0.933. The van der Waals surface area contributed by atoms with Crippen molar-refractivity contribution in [1.29, 1.82) is 0 Å². The molecule has 0 radical (unpaired) electrons. The number of para-hydroxylation sites is 1. The first-order chi connectivity index (χ1) is 14.9. The van der Waals surface area contributed by atoms with E-state index < -0.39 is 4.92 Å². The molecule has 0 saturated carbocycles. The zero-order valence-corrected chi connectivity index (χ0v) is 18.4. The Morgan fingerprint density at radius 1 is 0.903 bits per heavy atom. The fourth-order valence-corrected chi connectivity index (χ4v) is 3.48. The van der Waals surface area contributed by atoms with Gasteiger partial charge in [-0.25, -0.2) is 0 Å². The average Bonchev–Trinajstić information content (AvgIpc) is 2.75. The van der Waals surface area contributed by atoms with E-state index in [0.717, 1.165) is 22.0 Å². The van der Waals surface area contributed by atoms with Crippen molar-refractivity contribution in [2.45, 2.75) is 13.2 Å². The number of hydrogen-bond donors (Lipinski definition) is 0. The largest absolute Gasteiger partial charge is 0.380 e. The number of halogens is 2. The molecular weight excluding hydrogens is 441 g/mol. The van der Waals surface area contributed by atoms with Crippen LogP contribution in [0.25, 0.3) is 21.8 Å². The number of nitro groups is 1. The number of aromatic nitrogens is 2. The van der Waals surface area contributed by atoms with Gasteiger partial charge in [0.1, 0.15) is 0 Å². The molecule has 0 saturated heterocycles. The highest BCUT2D eigenvalue weighted by molar-refractivity contribution is 6.35. The first-order valence-electron chi connectivity index (χ1n) is 9.17. The Kier molecular flexibility index (Phi) is 7.70. The molecule has 7 nitrogen and oxygen atoms in total. The third-order valence-corrected chi connectivity index (χ3v) is 4.98. The van der Waals surface area contributed by atoms with Gasteiger partial charge < -0.3 is 9.47 Å². The third-order valence-electron chi connectivity index (χ3n) is 4.37. The number of rotatable bonds is 5. The minimum atomic E-state index is -0.447. The number of non-ortho nitro benzene ring substituents is 1. The fraction of sp³-hybridized carbons (Fsp3) is 0.182. The van der Waals surface area contributed by atoms with Crippen molar-refractivity contribution < 1.29 is 14.4 Å². The van der Waals surface area contributed by atoms with Crippen LogP contribution in [0.3, 0.4) is 0 Å². The summed E-state index contributed by atoms with van der Waals surface area (Å²) in [7, 11) is 3.22. The Labute approximate surface area is 188 Å². The number of methoxy groups -OCH3 is 2. The van der Waals surface area contributed by atoms with Gasteiger partial charge in [-0.1, -0.05) is 35.3 Å². The molecule has 0 atom stereocenters. The quantitative estimate of drug-likeness (QED) is 0.269. The van der Waals surface area contributed by atoms with E-state index in [1.54, 1.807) is 32.7 Å². The van der Waals surface area contributed by atoms with Gasteiger partial charge in [-0.15, -0.1) is 0 Å². The predicted octanol–water partition coefficient (Wildman–Crippen LogP) is 5.98. The topological polar surface area (TPSA) is 87.4 Å². The van der Waals surface area contributed by atoms with Crippen molar-refractivity contribution in [3.8, 4) is 0 Å². The van der Waals surface area contributed by atoms with Crippen molar-refractivity contribution in [3.05, 3.63) is 86.1 Å². The fourth-order valence-electron chi connectivity index (χ4n) is 3.03. The predicted molar refractivity (Wildman–Crippen MR) is 122 cm³/mol. The highest BCUT2D eigenvalue weighted by Crippen LogP contribution is 2.30. The molecule has 0 fully saturated rings. The molecule has 160 valence electrons. The molecule has 0 spiro atoms. The normalized spacial score (nSPS) is 10.7. The van der Waals surface area contributed by atoms with Gasteiger partial charge >= 0.3 is 0 Å². The van der Waals surface area contributed by atoms with Crippen LogP contribution in [0.15, 0.2) is 54.9 Å². The minimum absolute atomic E-state index is 0.00477. The van der Waals surface area contributed by atoms with Crippen molar-refractivity contribution in [2.75, 3.05) is 14.2 Å². The molecule has 4 aromatic rings. The van der Waals surface area contributed by atoms with Gasteiger partial charge in [0.15, 0.2) is 0 Å². The number of ether oxygens (including phenoxy) is 2. The number of hydrogen-bond acceptors (Lipinski definition) is 6. The van der Waals surface area contributed by atoms with E-state index in [9.17, 15) is 10.1 Å². The van der Waals surface area contributed by atoms with Crippen LogP contribution in [-0.4, -0.2) is 29.1 Å². The third kappa shape index (κ3) is 5.45. The van der Waals surface area contributed by atoms with Crippen LogP contribution < -0.4 is 0 Å². The maximum absolute atomic E-state index is 10.9. The lowest BCUT2D eigenvalue weighted by Gasteiger charge is -2.04. The second-order valence-electron chi connectivity index (χ2n) is 6.58. The molecule has 2 aromatic carbocycles. The van der Waals surface area contributed by atoms with E-state index in [-0.39, 0.29) is 5.69 Å². The van der Waals surface area contributed by atoms with Gasteiger partial charge in [-0.3, -0.25) is 20.1 Å². The second-order valence-corrected chi connectivity index (χ2v) is 7.40. The van der Waals surface area contributed by atoms with E-state index in [1.807, 2.05) is 24.3 Å². The number of benzene rings is 2. The number of fused-ring (bicyclic) bond motifs is 2. The van der Waals surface area contributed by atoms with Gasteiger partial charge in [0.25, 0.3) is 5.69 Å². The molecule has 4 rings (SSSR count). The Morgan fingerprint density at radius 3 is 2.16 bits per heavy atom. The summed E-state index contributed by atoms with van der Waals surface area (Å²) in [5, 5.41) is 13.5. The summed E-state index contributed by atoms with van der Waals surface area (Å²) < 4.78 is 10.00. The van der Waals surface area contributed by atoms with Crippen LogP contribution >= 0.6 is 23.2 Å². The first kappa shape index (κ1) is 22.8. The van der Waals surface area contributed by atoms with E-state index in [4.69, 9.17) is 32.7 Å². The van der Waals surface area contributed by atoms with E-state index in [2.05, 4.69) is 9.97 Å². The van der Waals surface area contributed by atoms with Crippen molar-refractivity contribution in [2.24, 2.45) is 0 Å². The zero-order chi connectivity index (χ0) is 22.4. The molecule has 0 amide bonds.